The summed E-state index contributed by atoms with van der Waals surface area (Å²) in [4.78, 5) is 69.1. The predicted molar refractivity (Wildman–Crippen MR) is 105 cm³/mol. The van der Waals surface area contributed by atoms with E-state index in [1.807, 2.05) is 0 Å². The molecule has 13 nitrogen and oxygen atoms in total. The lowest BCUT2D eigenvalue weighted by atomic mass is 10.1. The normalized spacial score (nSPS) is 13.0. The standard InChI is InChI=1S/C19H22N2O11/c1-10(22)29-9-16(30-11(2)23)17(31-12(3)24)18(32-13(4)25)19(26)20-14-6-5-7-15(8-14)21(27)28/h5-8,16-18H,9H2,1-4H3,(H,20,26)/t16-,17+,18+/m1/s1. The number of benzene rings is 1. The highest BCUT2D eigenvalue weighted by Crippen LogP contribution is 2.20. The van der Waals surface area contributed by atoms with E-state index in [-0.39, 0.29) is 11.4 Å². The molecule has 174 valence electrons. The molecule has 0 spiro atoms. The van der Waals surface area contributed by atoms with Gasteiger partial charge in [-0.25, -0.2) is 0 Å². The number of esters is 4. The summed E-state index contributed by atoms with van der Waals surface area (Å²) in [5, 5.41) is 13.3. The number of hydrogen-bond acceptors (Lipinski definition) is 11. The van der Waals surface area contributed by atoms with Crippen molar-refractivity contribution < 1.29 is 47.8 Å². The minimum atomic E-state index is -1.87. The Balaban J connectivity index is 3.32. The zero-order chi connectivity index (χ0) is 24.4. The van der Waals surface area contributed by atoms with Crippen molar-refractivity contribution in [1.29, 1.82) is 0 Å². The van der Waals surface area contributed by atoms with Crippen molar-refractivity contribution in [3.05, 3.63) is 34.4 Å². The number of nitrogens with one attached hydrogen (secondary N) is 1. The summed E-state index contributed by atoms with van der Waals surface area (Å²) < 4.78 is 19.9. The molecule has 0 saturated carbocycles. The van der Waals surface area contributed by atoms with Gasteiger partial charge in [-0.3, -0.25) is 34.1 Å². The third-order valence-corrected chi connectivity index (χ3v) is 3.61. The number of nitro groups is 1. The van der Waals surface area contributed by atoms with Crippen molar-refractivity contribution in [2.75, 3.05) is 11.9 Å². The maximum atomic E-state index is 12.9. The highest BCUT2D eigenvalue weighted by molar-refractivity contribution is 5.96. The van der Waals surface area contributed by atoms with Crippen molar-refractivity contribution in [3.8, 4) is 0 Å². The van der Waals surface area contributed by atoms with E-state index >= 15 is 0 Å². The largest absolute Gasteiger partial charge is 0.462 e. The van der Waals surface area contributed by atoms with Gasteiger partial charge in [0.25, 0.3) is 11.6 Å². The van der Waals surface area contributed by atoms with Crippen LogP contribution < -0.4 is 5.32 Å². The van der Waals surface area contributed by atoms with Crippen LogP contribution in [0.4, 0.5) is 11.4 Å². The molecule has 1 rings (SSSR count). The van der Waals surface area contributed by atoms with E-state index in [9.17, 15) is 34.1 Å². The first-order chi connectivity index (χ1) is 14.9. The SMILES string of the molecule is CC(=O)OC[C@@H](OC(C)=O)[C@H](OC(C)=O)[C@H](OC(C)=O)C(=O)Nc1cccc([N+](=O)[O-])c1. The maximum Gasteiger partial charge on any atom is 0.303 e. The predicted octanol–water partition coefficient (Wildman–Crippen LogP) is 0.892. The number of non-ortho nitro benzene ring substituents is 1. The number of ether oxygens (including phenoxy) is 4. The molecule has 0 radical (unpaired) electrons. The van der Waals surface area contributed by atoms with Gasteiger partial charge in [-0.15, -0.1) is 0 Å². The summed E-state index contributed by atoms with van der Waals surface area (Å²) >= 11 is 0. The Hall–Kier alpha value is -4.03. The van der Waals surface area contributed by atoms with Gasteiger partial charge in [-0.1, -0.05) is 6.07 Å². The Morgan fingerprint density at radius 2 is 1.53 bits per heavy atom. The molecule has 13 heteroatoms. The fourth-order valence-corrected chi connectivity index (χ4v) is 2.49. The van der Waals surface area contributed by atoms with Crippen LogP contribution in [0.5, 0.6) is 0 Å². The van der Waals surface area contributed by atoms with Gasteiger partial charge in [0.05, 0.1) is 4.92 Å². The van der Waals surface area contributed by atoms with Crippen LogP contribution >= 0.6 is 0 Å². The smallest absolute Gasteiger partial charge is 0.303 e. The molecule has 32 heavy (non-hydrogen) atoms. The van der Waals surface area contributed by atoms with E-state index in [1.165, 1.54) is 18.2 Å². The van der Waals surface area contributed by atoms with E-state index in [0.717, 1.165) is 33.8 Å². The second kappa shape index (κ2) is 12.0. The van der Waals surface area contributed by atoms with Crippen molar-refractivity contribution in [2.24, 2.45) is 0 Å². The number of rotatable bonds is 10. The molecule has 3 atom stereocenters. The summed E-state index contributed by atoms with van der Waals surface area (Å²) in [6.45, 7) is 3.45. The monoisotopic (exact) mass is 454 g/mol. The molecule has 1 amide bonds. The molecule has 0 aromatic heterocycles. The molecule has 0 fully saturated rings. The molecule has 0 aliphatic heterocycles. The van der Waals surface area contributed by atoms with Gasteiger partial charge in [0.15, 0.2) is 12.2 Å². The lowest BCUT2D eigenvalue weighted by Crippen LogP contribution is -2.52. The van der Waals surface area contributed by atoms with E-state index in [0.29, 0.717) is 0 Å². The van der Waals surface area contributed by atoms with Crippen molar-refractivity contribution in [1.82, 2.24) is 0 Å². The molecule has 0 aliphatic rings. The summed E-state index contributed by atoms with van der Waals surface area (Å²) in [6, 6.07) is 4.88. The molecule has 0 heterocycles. The molecule has 1 aromatic rings. The quantitative estimate of drug-likeness (QED) is 0.230. The van der Waals surface area contributed by atoms with Crippen LogP contribution in [0.2, 0.25) is 0 Å². The van der Waals surface area contributed by atoms with Crippen molar-refractivity contribution in [2.45, 2.75) is 46.0 Å². The molecule has 0 unspecified atom stereocenters. The van der Waals surface area contributed by atoms with E-state index in [1.54, 1.807) is 0 Å². The van der Waals surface area contributed by atoms with Crippen LogP contribution in [0.15, 0.2) is 24.3 Å². The molecule has 0 saturated heterocycles. The van der Waals surface area contributed by atoms with E-state index in [2.05, 4.69) is 5.32 Å². The second-order valence-corrected chi connectivity index (χ2v) is 6.35. The van der Waals surface area contributed by atoms with Crippen molar-refractivity contribution >= 4 is 41.2 Å². The Labute approximate surface area is 182 Å². The first-order valence-electron chi connectivity index (χ1n) is 9.11. The second-order valence-electron chi connectivity index (χ2n) is 6.35. The molecule has 1 aromatic carbocycles. The molecular weight excluding hydrogens is 432 g/mol. The number of hydrogen-bond donors (Lipinski definition) is 1. The molecule has 0 bridgehead atoms. The number of anilines is 1. The number of nitrogens with zero attached hydrogens (tertiary/aromatic N) is 1. The summed E-state index contributed by atoms with van der Waals surface area (Å²) in [5.74, 6) is -4.54. The van der Waals surface area contributed by atoms with Crippen LogP contribution in [0, 0.1) is 10.1 Å². The zero-order valence-electron chi connectivity index (χ0n) is 17.7. The van der Waals surface area contributed by atoms with Gasteiger partial charge in [0.2, 0.25) is 6.10 Å². The Bertz CT molecular complexity index is 899. The molecule has 0 aliphatic carbocycles. The van der Waals surface area contributed by atoms with Gasteiger partial charge in [-0.2, -0.15) is 0 Å². The molecular formula is C19H22N2O11. The Kier molecular flexibility index (Phi) is 9.73. The van der Waals surface area contributed by atoms with Crippen molar-refractivity contribution in [3.63, 3.8) is 0 Å². The highest BCUT2D eigenvalue weighted by Gasteiger charge is 2.42. The lowest BCUT2D eigenvalue weighted by Gasteiger charge is -2.30. The van der Waals surface area contributed by atoms with Crippen LogP contribution in [0.1, 0.15) is 27.7 Å². The number of carbonyl (C=O) groups excluding carboxylic acids is 5. The number of nitro benzene ring substituents is 1. The molecule has 1 N–H and O–H groups in total. The Morgan fingerprint density at radius 3 is 2.03 bits per heavy atom. The number of carbonyl (C=O) groups is 5. The Morgan fingerprint density at radius 1 is 0.938 bits per heavy atom. The fourth-order valence-electron chi connectivity index (χ4n) is 2.49. The first kappa shape index (κ1) is 26.0. The highest BCUT2D eigenvalue weighted by atomic mass is 16.6. The van der Waals surface area contributed by atoms with Crippen LogP contribution in [0.25, 0.3) is 0 Å². The average Bonchev–Trinajstić information content (AvgIpc) is 2.67. The average molecular weight is 454 g/mol. The fraction of sp³-hybridized carbons (Fsp3) is 0.421. The van der Waals surface area contributed by atoms with Crippen LogP contribution in [0.3, 0.4) is 0 Å². The summed E-state index contributed by atoms with van der Waals surface area (Å²) in [6.07, 6.45) is -5.09. The van der Waals surface area contributed by atoms with Crippen LogP contribution in [-0.4, -0.2) is 59.6 Å². The summed E-state index contributed by atoms with van der Waals surface area (Å²) in [7, 11) is 0. The zero-order valence-corrected chi connectivity index (χ0v) is 17.7. The maximum absolute atomic E-state index is 12.9. The van der Waals surface area contributed by atoms with E-state index < -0.39 is 59.6 Å². The minimum Gasteiger partial charge on any atom is -0.462 e. The summed E-state index contributed by atoms with van der Waals surface area (Å²) in [5.41, 5.74) is -0.344. The van der Waals surface area contributed by atoms with Gasteiger partial charge in [-0.05, 0) is 6.07 Å². The van der Waals surface area contributed by atoms with Gasteiger partial charge in [0, 0.05) is 45.5 Å². The minimum absolute atomic E-state index is 0.0213. The first-order valence-corrected chi connectivity index (χ1v) is 9.11. The van der Waals surface area contributed by atoms with Gasteiger partial charge >= 0.3 is 23.9 Å². The van der Waals surface area contributed by atoms with E-state index in [4.69, 9.17) is 18.9 Å². The lowest BCUT2D eigenvalue weighted by molar-refractivity contribution is -0.384. The van der Waals surface area contributed by atoms with Gasteiger partial charge in [0.1, 0.15) is 6.61 Å². The van der Waals surface area contributed by atoms with Crippen LogP contribution in [-0.2, 0) is 42.9 Å². The topological polar surface area (TPSA) is 177 Å². The third kappa shape index (κ3) is 8.77. The van der Waals surface area contributed by atoms with Gasteiger partial charge < -0.3 is 24.3 Å². The number of amides is 1. The third-order valence-electron chi connectivity index (χ3n) is 3.61.